The summed E-state index contributed by atoms with van der Waals surface area (Å²) in [6.45, 7) is 3.64. The molecule has 1 atom stereocenters. The van der Waals surface area contributed by atoms with E-state index >= 15 is 0 Å². The first-order chi connectivity index (χ1) is 13.1. The van der Waals surface area contributed by atoms with Crippen molar-refractivity contribution in [3.8, 4) is 0 Å². The van der Waals surface area contributed by atoms with Crippen LogP contribution in [0.2, 0.25) is 0 Å². The third-order valence-corrected chi connectivity index (χ3v) is 6.92. The molecule has 1 N–H and O–H groups in total. The summed E-state index contributed by atoms with van der Waals surface area (Å²) in [5.41, 5.74) is 3.50. The van der Waals surface area contributed by atoms with E-state index in [1.807, 2.05) is 30.3 Å². The van der Waals surface area contributed by atoms with Gasteiger partial charge in [-0.05, 0) is 18.1 Å². The number of hydrogen-bond acceptors (Lipinski definition) is 4. The summed E-state index contributed by atoms with van der Waals surface area (Å²) in [4.78, 5) is 0. The van der Waals surface area contributed by atoms with Crippen LogP contribution in [-0.2, 0) is 16.7 Å². The molecule has 2 aromatic carbocycles. The van der Waals surface area contributed by atoms with Gasteiger partial charge in [-0.3, -0.25) is 4.55 Å². The number of nitrogens with zero attached hydrogens (tertiary/aromatic N) is 1. The molecule has 0 saturated carbocycles. The highest BCUT2D eigenvalue weighted by Crippen LogP contribution is 2.32. The lowest BCUT2D eigenvalue weighted by Gasteiger charge is -2.30. The van der Waals surface area contributed by atoms with Crippen molar-refractivity contribution in [1.29, 1.82) is 0 Å². The number of rotatable bonds is 9. The van der Waals surface area contributed by atoms with E-state index in [9.17, 15) is 8.42 Å². The fourth-order valence-corrected chi connectivity index (χ4v) is 4.96. The van der Waals surface area contributed by atoms with E-state index < -0.39 is 10.1 Å². The van der Waals surface area contributed by atoms with Crippen LogP contribution in [0.5, 0.6) is 0 Å². The Kier molecular flexibility index (Phi) is 8.21. The Morgan fingerprint density at radius 3 is 2.29 bits per heavy atom. The van der Waals surface area contributed by atoms with Crippen LogP contribution in [0.3, 0.4) is 0 Å². The van der Waals surface area contributed by atoms with Crippen LogP contribution < -0.4 is 0 Å². The molecule has 0 spiro atoms. The second kappa shape index (κ2) is 9.98. The highest BCUT2D eigenvalue weighted by molar-refractivity contribution is 8.23. The fourth-order valence-electron chi connectivity index (χ4n) is 3.01. The molecule has 0 aliphatic carbocycles. The van der Waals surface area contributed by atoms with Crippen LogP contribution in [0.4, 0.5) is 0 Å². The molecule has 28 heavy (non-hydrogen) atoms. The molecule has 2 aromatic rings. The molecule has 0 heterocycles. The molecule has 7 heteroatoms. The number of hydrogen-bond donors (Lipinski definition) is 1. The maximum atomic E-state index is 10.9. The van der Waals surface area contributed by atoms with Gasteiger partial charge in [-0.25, -0.2) is 0 Å². The lowest BCUT2D eigenvalue weighted by atomic mass is 10.1. The van der Waals surface area contributed by atoms with Crippen LogP contribution in [0, 0.1) is 0 Å². The second-order valence-electron chi connectivity index (χ2n) is 7.61. The molecular formula is C21H28NO3S3+. The van der Waals surface area contributed by atoms with Crippen molar-refractivity contribution in [2.45, 2.75) is 25.1 Å². The van der Waals surface area contributed by atoms with Crippen LogP contribution in [-0.4, -0.2) is 48.0 Å². The quantitative estimate of drug-likeness (QED) is 0.349. The molecule has 0 radical (unpaired) electrons. The van der Waals surface area contributed by atoms with Gasteiger partial charge in [0, 0.05) is 17.2 Å². The van der Waals surface area contributed by atoms with E-state index in [0.29, 0.717) is 17.4 Å². The molecule has 4 nitrogen and oxygen atoms in total. The van der Waals surface area contributed by atoms with Gasteiger partial charge in [0.1, 0.15) is 6.54 Å². The molecule has 0 saturated heterocycles. The highest BCUT2D eigenvalue weighted by Gasteiger charge is 2.18. The molecule has 0 aliphatic heterocycles. The molecule has 0 aliphatic rings. The minimum Gasteiger partial charge on any atom is -0.325 e. The van der Waals surface area contributed by atoms with Gasteiger partial charge in [0.25, 0.3) is 10.1 Å². The standard InChI is InChI=1S/C21H27NO3S3/c1-17(27-21(26)20-8-5-4-6-9-20)19-12-10-18(11-13-19)16-22(2,3)14-7-15-28(23,24)25/h4-6,8-13,17H,7,14-16H2,1-3H3/p+1. The number of thioether (sulfide) groups is 1. The zero-order valence-electron chi connectivity index (χ0n) is 16.5. The maximum Gasteiger partial charge on any atom is 0.265 e. The molecular weight excluding hydrogens is 410 g/mol. The van der Waals surface area contributed by atoms with Crippen molar-refractivity contribution in [2.75, 3.05) is 26.4 Å². The van der Waals surface area contributed by atoms with Gasteiger partial charge in [-0.15, -0.1) is 11.8 Å². The van der Waals surface area contributed by atoms with Gasteiger partial charge in [-0.1, -0.05) is 66.8 Å². The molecule has 0 aromatic heterocycles. The van der Waals surface area contributed by atoms with Gasteiger partial charge < -0.3 is 4.48 Å². The summed E-state index contributed by atoms with van der Waals surface area (Å²) in [5.74, 6) is -0.191. The Balaban J connectivity index is 1.92. The number of benzene rings is 2. The lowest BCUT2D eigenvalue weighted by molar-refractivity contribution is -0.903. The fraction of sp³-hybridized carbons (Fsp3) is 0.381. The monoisotopic (exact) mass is 438 g/mol. The van der Waals surface area contributed by atoms with Crippen molar-refractivity contribution in [1.82, 2.24) is 0 Å². The van der Waals surface area contributed by atoms with Crippen molar-refractivity contribution >= 4 is 38.3 Å². The molecule has 152 valence electrons. The van der Waals surface area contributed by atoms with Gasteiger partial charge in [0.05, 0.1) is 30.6 Å². The van der Waals surface area contributed by atoms with E-state index in [1.165, 1.54) is 11.1 Å². The van der Waals surface area contributed by atoms with E-state index in [0.717, 1.165) is 16.3 Å². The molecule has 0 fully saturated rings. The molecule has 0 bridgehead atoms. The van der Waals surface area contributed by atoms with Gasteiger partial charge >= 0.3 is 0 Å². The van der Waals surface area contributed by atoms with Crippen LogP contribution in [0.15, 0.2) is 54.6 Å². The van der Waals surface area contributed by atoms with Crippen LogP contribution in [0.25, 0.3) is 0 Å². The van der Waals surface area contributed by atoms with E-state index in [1.54, 1.807) is 11.8 Å². The Hall–Kier alpha value is -1.25. The molecule has 2 rings (SSSR count). The van der Waals surface area contributed by atoms with Crippen LogP contribution >= 0.6 is 24.0 Å². The lowest BCUT2D eigenvalue weighted by Crippen LogP contribution is -2.40. The average molecular weight is 439 g/mol. The Morgan fingerprint density at radius 1 is 1.11 bits per heavy atom. The Bertz CT molecular complexity index is 879. The molecule has 0 amide bonds. The van der Waals surface area contributed by atoms with Gasteiger partial charge in [0.15, 0.2) is 0 Å². The Labute approximate surface area is 178 Å². The molecule has 1 unspecified atom stereocenters. The smallest absolute Gasteiger partial charge is 0.265 e. The van der Waals surface area contributed by atoms with Crippen molar-refractivity contribution in [2.24, 2.45) is 0 Å². The summed E-state index contributed by atoms with van der Waals surface area (Å²) in [7, 11) is 0.241. The van der Waals surface area contributed by atoms with Crippen molar-refractivity contribution in [3.63, 3.8) is 0 Å². The Morgan fingerprint density at radius 2 is 1.71 bits per heavy atom. The minimum absolute atomic E-state index is 0.191. The zero-order chi connectivity index (χ0) is 20.8. The normalized spacial score (nSPS) is 13.3. The zero-order valence-corrected chi connectivity index (χ0v) is 19.0. The summed E-state index contributed by atoms with van der Waals surface area (Å²) in [6.07, 6.45) is 0.439. The SMILES string of the molecule is CC(SC(=S)c1ccccc1)c1ccc(C[N+](C)(C)CCCS(=O)(=O)O)cc1. The first-order valence-corrected chi connectivity index (χ1v) is 12.1. The third-order valence-electron chi connectivity index (χ3n) is 4.52. The van der Waals surface area contributed by atoms with E-state index in [-0.39, 0.29) is 11.0 Å². The summed E-state index contributed by atoms with van der Waals surface area (Å²) >= 11 is 7.25. The maximum absolute atomic E-state index is 10.9. The topological polar surface area (TPSA) is 54.4 Å². The van der Waals surface area contributed by atoms with Gasteiger partial charge in [0.2, 0.25) is 0 Å². The first-order valence-electron chi connectivity index (χ1n) is 9.18. The van der Waals surface area contributed by atoms with E-state index in [2.05, 4.69) is 45.3 Å². The van der Waals surface area contributed by atoms with E-state index in [4.69, 9.17) is 16.8 Å². The average Bonchev–Trinajstić information content (AvgIpc) is 2.61. The minimum atomic E-state index is -3.89. The summed E-state index contributed by atoms with van der Waals surface area (Å²) < 4.78 is 32.2. The number of thiocarbonyl (C=S) groups is 1. The number of quaternary nitrogens is 1. The highest BCUT2D eigenvalue weighted by atomic mass is 32.2. The first kappa shape index (κ1) is 23.0. The van der Waals surface area contributed by atoms with Crippen molar-refractivity contribution < 1.29 is 17.5 Å². The third kappa shape index (κ3) is 8.01. The summed E-state index contributed by atoms with van der Waals surface area (Å²) in [5, 5.41) is 0.263. The predicted molar refractivity (Wildman–Crippen MR) is 122 cm³/mol. The van der Waals surface area contributed by atoms with Gasteiger partial charge in [-0.2, -0.15) is 8.42 Å². The van der Waals surface area contributed by atoms with Crippen LogP contribution in [0.1, 0.15) is 35.3 Å². The van der Waals surface area contributed by atoms with Crippen molar-refractivity contribution in [3.05, 3.63) is 71.3 Å². The summed E-state index contributed by atoms with van der Waals surface area (Å²) in [6, 6.07) is 18.6. The second-order valence-corrected chi connectivity index (χ2v) is 11.2. The largest absolute Gasteiger partial charge is 0.325 e. The predicted octanol–water partition coefficient (Wildman–Crippen LogP) is 4.71.